The fraction of sp³-hybridized carbons (Fsp3) is 0.429. The maximum absolute atomic E-state index is 13.8. The van der Waals surface area contributed by atoms with Crippen LogP contribution in [0.2, 0.25) is 0 Å². The van der Waals surface area contributed by atoms with Crippen molar-refractivity contribution in [1.29, 1.82) is 0 Å². The molecule has 112 valence electrons. The number of hydrogen-bond acceptors (Lipinski definition) is 6. The molecule has 0 bridgehead atoms. The molecule has 1 aromatic heterocycles. The molecule has 2 aromatic rings. The predicted molar refractivity (Wildman–Crippen MR) is 83.1 cm³/mol. The first-order chi connectivity index (χ1) is 10.1. The Bertz CT molecular complexity index is 629. The first kappa shape index (κ1) is 14.7. The van der Waals surface area contributed by atoms with Crippen molar-refractivity contribution in [2.75, 3.05) is 5.75 Å². The van der Waals surface area contributed by atoms with E-state index in [-0.39, 0.29) is 22.5 Å². The van der Waals surface area contributed by atoms with Crippen molar-refractivity contribution in [3.63, 3.8) is 0 Å². The second-order valence-electron chi connectivity index (χ2n) is 4.96. The second-order valence-corrected chi connectivity index (χ2v) is 7.95. The van der Waals surface area contributed by atoms with Gasteiger partial charge >= 0.3 is 0 Å². The van der Waals surface area contributed by atoms with Gasteiger partial charge in [0, 0.05) is 16.3 Å². The quantitative estimate of drug-likeness (QED) is 0.904. The molecule has 0 spiro atoms. The number of halogens is 1. The van der Waals surface area contributed by atoms with Gasteiger partial charge < -0.3 is 9.63 Å². The van der Waals surface area contributed by atoms with E-state index in [1.807, 2.05) is 11.8 Å². The first-order valence-corrected chi connectivity index (χ1v) is 8.64. The molecular formula is C14H15FN2O2S2. The zero-order valence-electron chi connectivity index (χ0n) is 11.6. The van der Waals surface area contributed by atoms with E-state index in [0.717, 1.165) is 5.75 Å². The number of aromatic nitrogens is 2. The average molecular weight is 326 g/mol. The van der Waals surface area contributed by atoms with Gasteiger partial charge in [0.15, 0.2) is 5.82 Å². The molecule has 0 radical (unpaired) electrons. The van der Waals surface area contributed by atoms with E-state index in [2.05, 4.69) is 24.0 Å². The molecular weight excluding hydrogens is 311 g/mol. The van der Waals surface area contributed by atoms with Crippen LogP contribution in [0.1, 0.15) is 24.9 Å². The summed E-state index contributed by atoms with van der Waals surface area (Å²) < 4.78 is 18.9. The number of aromatic hydroxyl groups is 1. The molecule has 3 unspecified atom stereocenters. The Kier molecular flexibility index (Phi) is 4.12. The summed E-state index contributed by atoms with van der Waals surface area (Å²) in [5.41, 5.74) is -0.0360. The molecule has 1 N–H and O–H groups in total. The molecule has 1 aromatic carbocycles. The van der Waals surface area contributed by atoms with Gasteiger partial charge in [-0.1, -0.05) is 25.1 Å². The van der Waals surface area contributed by atoms with Crippen molar-refractivity contribution >= 4 is 23.5 Å². The fourth-order valence-corrected chi connectivity index (χ4v) is 4.94. The average Bonchev–Trinajstić information content (AvgIpc) is 2.91. The summed E-state index contributed by atoms with van der Waals surface area (Å²) in [6.45, 7) is 4.38. The minimum Gasteiger partial charge on any atom is -0.507 e. The zero-order valence-corrected chi connectivity index (χ0v) is 13.2. The topological polar surface area (TPSA) is 59.2 Å². The molecule has 1 saturated heterocycles. The Hall–Kier alpha value is -1.21. The summed E-state index contributed by atoms with van der Waals surface area (Å²) in [7, 11) is 0. The van der Waals surface area contributed by atoms with Crippen molar-refractivity contribution < 1.29 is 14.0 Å². The van der Waals surface area contributed by atoms with Crippen LogP contribution in [0, 0.1) is 5.82 Å². The van der Waals surface area contributed by atoms with Gasteiger partial charge in [-0.3, -0.25) is 0 Å². The number of benzene rings is 1. The van der Waals surface area contributed by atoms with E-state index in [9.17, 15) is 9.50 Å². The molecule has 1 aliphatic heterocycles. The minimum atomic E-state index is -0.571. The van der Waals surface area contributed by atoms with Crippen LogP contribution in [0.3, 0.4) is 0 Å². The monoisotopic (exact) mass is 326 g/mol. The van der Waals surface area contributed by atoms with E-state index in [4.69, 9.17) is 4.52 Å². The fourth-order valence-electron chi connectivity index (χ4n) is 2.11. The number of nitrogens with zero attached hydrogens (tertiary/aromatic N) is 2. The molecule has 2 heterocycles. The van der Waals surface area contributed by atoms with Crippen LogP contribution in [0.5, 0.6) is 5.75 Å². The third-order valence-corrected chi connectivity index (χ3v) is 6.87. The third kappa shape index (κ3) is 2.89. The molecule has 1 fully saturated rings. The second kappa shape index (κ2) is 5.88. The molecule has 1 aliphatic rings. The predicted octanol–water partition coefficient (Wildman–Crippen LogP) is 3.88. The summed E-state index contributed by atoms with van der Waals surface area (Å²) in [6, 6.07) is 4.09. The Morgan fingerprint density at radius 1 is 1.33 bits per heavy atom. The summed E-state index contributed by atoms with van der Waals surface area (Å²) in [5, 5.41) is 14.9. The van der Waals surface area contributed by atoms with E-state index in [1.165, 1.54) is 18.2 Å². The van der Waals surface area contributed by atoms with Crippen molar-refractivity contribution in [2.45, 2.75) is 29.6 Å². The van der Waals surface area contributed by atoms with Crippen molar-refractivity contribution in [2.24, 2.45) is 0 Å². The number of phenols is 1. The Morgan fingerprint density at radius 3 is 2.86 bits per heavy atom. The number of hydrogen-bond donors (Lipinski definition) is 1. The highest BCUT2D eigenvalue weighted by Gasteiger charge is 2.30. The first-order valence-electron chi connectivity index (χ1n) is 6.64. The molecule has 0 aliphatic carbocycles. The van der Waals surface area contributed by atoms with Gasteiger partial charge in [0.1, 0.15) is 17.1 Å². The standard InChI is InChI=1S/C14H15FN2O2S2/c1-7-8(2)21-11(6-20-7)13-16-14(19-17-13)12-9(15)4-3-5-10(12)18/h3-5,7-8,11,18H,6H2,1-2H3. The highest BCUT2D eigenvalue weighted by atomic mass is 32.2. The number of rotatable bonds is 2. The molecule has 3 atom stereocenters. The van der Waals surface area contributed by atoms with Crippen LogP contribution in [-0.4, -0.2) is 31.5 Å². The van der Waals surface area contributed by atoms with Crippen molar-refractivity contribution in [3.8, 4) is 17.2 Å². The van der Waals surface area contributed by atoms with Crippen LogP contribution in [0.25, 0.3) is 11.5 Å². The molecule has 3 rings (SSSR count). The van der Waals surface area contributed by atoms with E-state index < -0.39 is 5.82 Å². The Balaban J connectivity index is 1.87. The Morgan fingerprint density at radius 2 is 2.14 bits per heavy atom. The van der Waals surface area contributed by atoms with Gasteiger partial charge in [0.25, 0.3) is 5.89 Å². The molecule has 21 heavy (non-hydrogen) atoms. The lowest BCUT2D eigenvalue weighted by molar-refractivity contribution is 0.414. The van der Waals surface area contributed by atoms with Crippen molar-refractivity contribution in [1.82, 2.24) is 10.1 Å². The lowest BCUT2D eigenvalue weighted by Crippen LogP contribution is -2.22. The number of thioether (sulfide) groups is 2. The van der Waals surface area contributed by atoms with E-state index >= 15 is 0 Å². The molecule has 4 nitrogen and oxygen atoms in total. The SMILES string of the molecule is CC1SCC(c2noc(-c3c(O)cccc3F)n2)SC1C. The molecule has 7 heteroatoms. The van der Waals surface area contributed by atoms with Gasteiger partial charge in [-0.15, -0.1) is 11.8 Å². The summed E-state index contributed by atoms with van der Waals surface area (Å²) >= 11 is 3.68. The maximum atomic E-state index is 13.8. The number of phenolic OH excluding ortho intramolecular Hbond substituents is 1. The van der Waals surface area contributed by atoms with E-state index in [1.54, 1.807) is 11.8 Å². The van der Waals surface area contributed by atoms with Gasteiger partial charge in [0.05, 0.1) is 5.25 Å². The lowest BCUT2D eigenvalue weighted by atomic mass is 10.2. The van der Waals surface area contributed by atoms with Crippen LogP contribution in [0.4, 0.5) is 4.39 Å². The smallest absolute Gasteiger partial charge is 0.264 e. The van der Waals surface area contributed by atoms with Gasteiger partial charge in [-0.05, 0) is 12.1 Å². The van der Waals surface area contributed by atoms with E-state index in [0.29, 0.717) is 16.3 Å². The summed E-state index contributed by atoms with van der Waals surface area (Å²) in [6.07, 6.45) is 0. The molecule has 0 amide bonds. The van der Waals surface area contributed by atoms with Gasteiger partial charge in [-0.2, -0.15) is 16.7 Å². The normalized spacial score (nSPS) is 26.0. The summed E-state index contributed by atoms with van der Waals surface area (Å²) in [5.74, 6) is 0.718. The maximum Gasteiger partial charge on any atom is 0.264 e. The van der Waals surface area contributed by atoms with Crippen LogP contribution >= 0.6 is 23.5 Å². The Labute approximate surface area is 130 Å². The third-order valence-electron chi connectivity index (χ3n) is 3.49. The van der Waals surface area contributed by atoms with Crippen LogP contribution < -0.4 is 0 Å². The zero-order chi connectivity index (χ0) is 15.0. The van der Waals surface area contributed by atoms with Gasteiger partial charge in [0.2, 0.25) is 0 Å². The van der Waals surface area contributed by atoms with Crippen LogP contribution in [-0.2, 0) is 0 Å². The van der Waals surface area contributed by atoms with Crippen LogP contribution in [0.15, 0.2) is 22.7 Å². The minimum absolute atomic E-state index is 0.0254. The largest absolute Gasteiger partial charge is 0.507 e. The highest BCUT2D eigenvalue weighted by Crippen LogP contribution is 2.44. The molecule has 0 saturated carbocycles. The summed E-state index contributed by atoms with van der Waals surface area (Å²) in [4.78, 5) is 4.27. The van der Waals surface area contributed by atoms with Crippen molar-refractivity contribution in [3.05, 3.63) is 29.8 Å². The lowest BCUT2D eigenvalue weighted by Gasteiger charge is -2.29. The van der Waals surface area contributed by atoms with Gasteiger partial charge in [-0.25, -0.2) is 4.39 Å². The highest BCUT2D eigenvalue weighted by molar-refractivity contribution is 8.07.